The van der Waals surface area contributed by atoms with Crippen LogP contribution in [0.2, 0.25) is 0 Å². The lowest BCUT2D eigenvalue weighted by Crippen LogP contribution is -1.96. The third-order valence-electron chi connectivity index (χ3n) is 1.23. The summed E-state index contributed by atoms with van der Waals surface area (Å²) in [7, 11) is 1.82. The molecule has 0 fully saturated rings. The fraction of sp³-hybridized carbons (Fsp3) is 0.286. The molecule has 3 N–H and O–H groups in total. The van der Waals surface area contributed by atoms with Gasteiger partial charge < -0.3 is 11.1 Å². The maximum absolute atomic E-state index is 5.56. The molecule has 0 aliphatic rings. The average molecular weight is 137 g/mol. The molecule has 0 unspecified atom stereocenters. The van der Waals surface area contributed by atoms with E-state index < -0.39 is 0 Å². The van der Waals surface area contributed by atoms with E-state index in [-0.39, 0.29) is 0 Å². The molecular formula is C7H11N3. The van der Waals surface area contributed by atoms with Crippen LogP contribution in [0.5, 0.6) is 0 Å². The van der Waals surface area contributed by atoms with Gasteiger partial charge in [0.15, 0.2) is 0 Å². The fourth-order valence-corrected chi connectivity index (χ4v) is 0.823. The molecule has 0 bridgehead atoms. The van der Waals surface area contributed by atoms with Gasteiger partial charge in [0.2, 0.25) is 0 Å². The molecule has 0 aliphatic heterocycles. The molecule has 54 valence electrons. The van der Waals surface area contributed by atoms with Gasteiger partial charge in [0.1, 0.15) is 5.82 Å². The van der Waals surface area contributed by atoms with Crippen molar-refractivity contribution in [3.05, 3.63) is 17.8 Å². The van der Waals surface area contributed by atoms with E-state index in [4.69, 9.17) is 5.73 Å². The van der Waals surface area contributed by atoms with Gasteiger partial charge >= 0.3 is 0 Å². The number of hydrogen-bond donors (Lipinski definition) is 2. The van der Waals surface area contributed by atoms with Crippen molar-refractivity contribution in [1.29, 1.82) is 0 Å². The number of nitrogens with one attached hydrogen (secondary N) is 1. The summed E-state index contributed by atoms with van der Waals surface area (Å²) in [5.74, 6) is 0.817. The summed E-state index contributed by atoms with van der Waals surface area (Å²) in [5, 5.41) is 2.92. The van der Waals surface area contributed by atoms with Crippen LogP contribution >= 0.6 is 0 Å². The van der Waals surface area contributed by atoms with Gasteiger partial charge in [-0.1, -0.05) is 0 Å². The van der Waals surface area contributed by atoms with Crippen LogP contribution in [0.1, 0.15) is 5.69 Å². The third kappa shape index (κ3) is 1.37. The second-order valence-corrected chi connectivity index (χ2v) is 2.18. The van der Waals surface area contributed by atoms with E-state index >= 15 is 0 Å². The van der Waals surface area contributed by atoms with Crippen LogP contribution in [0.4, 0.5) is 11.5 Å². The SMILES string of the molecule is CNc1cc(N)cc(C)n1. The molecule has 0 spiro atoms. The molecular weight excluding hydrogens is 126 g/mol. The van der Waals surface area contributed by atoms with Gasteiger partial charge in [0, 0.05) is 24.5 Å². The van der Waals surface area contributed by atoms with Gasteiger partial charge in [0.05, 0.1) is 0 Å². The molecule has 10 heavy (non-hydrogen) atoms. The highest BCUT2D eigenvalue weighted by Crippen LogP contribution is 2.09. The van der Waals surface area contributed by atoms with Crippen LogP contribution in [0, 0.1) is 6.92 Å². The number of aryl methyl sites for hydroxylation is 1. The molecule has 0 saturated carbocycles. The van der Waals surface area contributed by atoms with Crippen LogP contribution in [-0.4, -0.2) is 12.0 Å². The molecule has 1 aromatic heterocycles. The summed E-state index contributed by atoms with van der Waals surface area (Å²) in [6.45, 7) is 1.91. The normalized spacial score (nSPS) is 9.40. The van der Waals surface area contributed by atoms with Crippen molar-refractivity contribution in [3.8, 4) is 0 Å². The molecule has 0 amide bonds. The Balaban J connectivity index is 3.06. The Hall–Kier alpha value is -1.25. The minimum Gasteiger partial charge on any atom is -0.399 e. The van der Waals surface area contributed by atoms with E-state index in [1.807, 2.05) is 20.0 Å². The van der Waals surface area contributed by atoms with Crippen molar-refractivity contribution < 1.29 is 0 Å². The predicted molar refractivity (Wildman–Crippen MR) is 42.9 cm³/mol. The van der Waals surface area contributed by atoms with Gasteiger partial charge in [-0.3, -0.25) is 0 Å². The molecule has 0 saturated heterocycles. The topological polar surface area (TPSA) is 50.9 Å². The van der Waals surface area contributed by atoms with Crippen LogP contribution in [0.3, 0.4) is 0 Å². The van der Waals surface area contributed by atoms with Crippen LogP contribution < -0.4 is 11.1 Å². The highest BCUT2D eigenvalue weighted by Gasteiger charge is 1.92. The Bertz CT molecular complexity index is 212. The Morgan fingerprint density at radius 1 is 1.50 bits per heavy atom. The lowest BCUT2D eigenvalue weighted by molar-refractivity contribution is 1.19. The quantitative estimate of drug-likeness (QED) is 0.607. The number of hydrogen-bond acceptors (Lipinski definition) is 3. The summed E-state index contributed by atoms with van der Waals surface area (Å²) in [4.78, 5) is 4.16. The van der Waals surface area contributed by atoms with Gasteiger partial charge in [-0.15, -0.1) is 0 Å². The smallest absolute Gasteiger partial charge is 0.128 e. The van der Waals surface area contributed by atoms with Crippen molar-refractivity contribution in [2.24, 2.45) is 0 Å². The first kappa shape index (κ1) is 6.86. The molecule has 0 aromatic carbocycles. The Kier molecular flexibility index (Phi) is 1.76. The second kappa shape index (κ2) is 2.56. The first-order valence-electron chi connectivity index (χ1n) is 3.14. The predicted octanol–water partition coefficient (Wildman–Crippen LogP) is 1.01. The van der Waals surface area contributed by atoms with E-state index in [2.05, 4.69) is 10.3 Å². The Morgan fingerprint density at radius 3 is 2.70 bits per heavy atom. The van der Waals surface area contributed by atoms with Crippen molar-refractivity contribution >= 4 is 11.5 Å². The second-order valence-electron chi connectivity index (χ2n) is 2.18. The summed E-state index contributed by atoms with van der Waals surface area (Å²) in [6.07, 6.45) is 0. The number of rotatable bonds is 1. The first-order chi connectivity index (χ1) is 4.72. The average Bonchev–Trinajstić information content (AvgIpc) is 1.85. The summed E-state index contributed by atoms with van der Waals surface area (Å²) >= 11 is 0. The van der Waals surface area contributed by atoms with Crippen LogP contribution in [-0.2, 0) is 0 Å². The first-order valence-corrected chi connectivity index (χ1v) is 3.14. The van der Waals surface area contributed by atoms with Crippen molar-refractivity contribution in [1.82, 2.24) is 4.98 Å². The van der Waals surface area contributed by atoms with Gasteiger partial charge in [0.25, 0.3) is 0 Å². The molecule has 0 atom stereocenters. The number of nitrogens with two attached hydrogens (primary N) is 1. The lowest BCUT2D eigenvalue weighted by Gasteiger charge is -2.01. The van der Waals surface area contributed by atoms with E-state index in [0.717, 1.165) is 17.2 Å². The fourth-order valence-electron chi connectivity index (χ4n) is 0.823. The van der Waals surface area contributed by atoms with Crippen LogP contribution in [0.15, 0.2) is 12.1 Å². The summed E-state index contributed by atoms with van der Waals surface area (Å²) < 4.78 is 0. The maximum Gasteiger partial charge on any atom is 0.128 e. The molecule has 1 aromatic rings. The zero-order valence-electron chi connectivity index (χ0n) is 6.18. The minimum absolute atomic E-state index is 0.747. The molecule has 0 radical (unpaired) electrons. The zero-order chi connectivity index (χ0) is 7.56. The van der Waals surface area contributed by atoms with E-state index in [9.17, 15) is 0 Å². The molecule has 3 heteroatoms. The molecule has 3 nitrogen and oxygen atoms in total. The van der Waals surface area contributed by atoms with E-state index in [1.54, 1.807) is 6.07 Å². The Labute approximate surface area is 60.3 Å². The van der Waals surface area contributed by atoms with Gasteiger partial charge in [-0.05, 0) is 13.0 Å². The van der Waals surface area contributed by atoms with Crippen molar-refractivity contribution in [2.75, 3.05) is 18.1 Å². The zero-order valence-corrected chi connectivity index (χ0v) is 6.18. The molecule has 1 rings (SSSR count). The number of anilines is 2. The standard InChI is InChI=1S/C7H11N3/c1-5-3-6(8)4-7(9-2)10-5/h3-4H,1-2H3,(H3,8,9,10). The minimum atomic E-state index is 0.747. The molecule has 1 heterocycles. The largest absolute Gasteiger partial charge is 0.399 e. The highest BCUT2D eigenvalue weighted by molar-refractivity contribution is 5.49. The van der Waals surface area contributed by atoms with Crippen LogP contribution in [0.25, 0.3) is 0 Å². The van der Waals surface area contributed by atoms with Gasteiger partial charge in [-0.25, -0.2) is 4.98 Å². The number of nitrogens with zero attached hydrogens (tertiary/aromatic N) is 1. The number of aromatic nitrogens is 1. The lowest BCUT2D eigenvalue weighted by atomic mass is 10.3. The Morgan fingerprint density at radius 2 is 2.20 bits per heavy atom. The highest BCUT2D eigenvalue weighted by atomic mass is 15.0. The van der Waals surface area contributed by atoms with Crippen molar-refractivity contribution in [2.45, 2.75) is 6.92 Å². The third-order valence-corrected chi connectivity index (χ3v) is 1.23. The molecule has 0 aliphatic carbocycles. The van der Waals surface area contributed by atoms with E-state index in [1.165, 1.54) is 0 Å². The number of pyridine rings is 1. The summed E-state index contributed by atoms with van der Waals surface area (Å²) in [6, 6.07) is 3.63. The maximum atomic E-state index is 5.56. The van der Waals surface area contributed by atoms with Gasteiger partial charge in [-0.2, -0.15) is 0 Å². The summed E-state index contributed by atoms with van der Waals surface area (Å²) in [5.41, 5.74) is 7.24. The monoisotopic (exact) mass is 137 g/mol. The van der Waals surface area contributed by atoms with E-state index in [0.29, 0.717) is 0 Å². The van der Waals surface area contributed by atoms with Crippen molar-refractivity contribution in [3.63, 3.8) is 0 Å². The number of nitrogen functional groups attached to an aromatic ring is 1.